The van der Waals surface area contributed by atoms with Gasteiger partial charge >= 0.3 is 5.97 Å². The van der Waals surface area contributed by atoms with Crippen LogP contribution in [0.4, 0.5) is 11.4 Å². The second kappa shape index (κ2) is 7.72. The average molecular weight is 424 g/mol. The molecule has 0 atom stereocenters. The van der Waals surface area contributed by atoms with Crippen LogP contribution in [0.5, 0.6) is 0 Å². The summed E-state index contributed by atoms with van der Waals surface area (Å²) >= 11 is 0. The van der Waals surface area contributed by atoms with Crippen LogP contribution in [0, 0.1) is 18.3 Å². The monoisotopic (exact) mass is 423 g/mol. The molecule has 160 valence electrons. The zero-order valence-corrected chi connectivity index (χ0v) is 18.6. The molecule has 0 fully saturated rings. The summed E-state index contributed by atoms with van der Waals surface area (Å²) in [5.74, 6) is -0.289. The molecule has 3 aromatic rings. The molecule has 5 heteroatoms. The number of ether oxygens (including phenoxy) is 1. The van der Waals surface area contributed by atoms with E-state index in [1.165, 1.54) is 22.5 Å². The van der Waals surface area contributed by atoms with Crippen LogP contribution in [0.15, 0.2) is 54.6 Å². The lowest BCUT2D eigenvalue weighted by Crippen LogP contribution is -2.46. The minimum atomic E-state index is -0.289. The minimum absolute atomic E-state index is 0.166. The van der Waals surface area contributed by atoms with Crippen molar-refractivity contribution in [3.8, 4) is 17.2 Å². The van der Waals surface area contributed by atoms with Crippen LogP contribution in [0.25, 0.3) is 11.1 Å². The fraction of sp³-hybridized carbons (Fsp3) is 0.259. The molecule has 2 aliphatic heterocycles. The van der Waals surface area contributed by atoms with Crippen LogP contribution in [0.1, 0.15) is 46.5 Å². The Morgan fingerprint density at radius 1 is 1.00 bits per heavy atom. The van der Waals surface area contributed by atoms with Crippen LogP contribution in [-0.2, 0) is 17.8 Å². The van der Waals surface area contributed by atoms with E-state index < -0.39 is 0 Å². The van der Waals surface area contributed by atoms with E-state index in [1.807, 2.05) is 51.1 Å². The van der Waals surface area contributed by atoms with Gasteiger partial charge in [-0.05, 0) is 85.0 Å². The molecule has 32 heavy (non-hydrogen) atoms. The summed E-state index contributed by atoms with van der Waals surface area (Å²) in [5, 5.41) is 9.26. The second-order valence-electron chi connectivity index (χ2n) is 8.79. The maximum Gasteiger partial charge on any atom is 0.339 e. The number of hydrogen-bond acceptors (Lipinski definition) is 5. The van der Waals surface area contributed by atoms with Crippen molar-refractivity contribution in [3.63, 3.8) is 0 Å². The van der Waals surface area contributed by atoms with Gasteiger partial charge in [0.1, 0.15) is 0 Å². The summed E-state index contributed by atoms with van der Waals surface area (Å²) in [4.78, 5) is 17.5. The van der Waals surface area contributed by atoms with Crippen molar-refractivity contribution in [1.29, 1.82) is 5.26 Å². The van der Waals surface area contributed by atoms with Crippen molar-refractivity contribution in [3.05, 3.63) is 82.4 Å². The molecule has 0 aromatic heterocycles. The molecule has 2 aliphatic rings. The maximum absolute atomic E-state index is 12.8. The van der Waals surface area contributed by atoms with Crippen LogP contribution in [0.3, 0.4) is 0 Å². The molecule has 2 heterocycles. The predicted octanol–water partition coefficient (Wildman–Crippen LogP) is 5.40. The molecule has 0 aliphatic carbocycles. The van der Waals surface area contributed by atoms with Gasteiger partial charge in [-0.15, -0.1) is 0 Å². The topological polar surface area (TPSA) is 56.6 Å². The van der Waals surface area contributed by atoms with E-state index in [9.17, 15) is 10.1 Å². The van der Waals surface area contributed by atoms with E-state index in [0.717, 1.165) is 36.4 Å². The molecule has 0 saturated heterocycles. The molecular formula is C27H25N3O2. The van der Waals surface area contributed by atoms with Gasteiger partial charge in [0.25, 0.3) is 0 Å². The standard InChI is InChI=1S/C27H25N3O2/c1-17(2)32-27(31)23-6-4-5-18(3)26(23)20-8-10-25-22(12-20)15-30-16-29(25)14-21-11-19(13-28)7-9-24(21)30/h4-12,17H,14-16H2,1-3H3. The first-order valence-electron chi connectivity index (χ1n) is 10.9. The maximum atomic E-state index is 12.8. The highest BCUT2D eigenvalue weighted by Crippen LogP contribution is 2.40. The Balaban J connectivity index is 1.55. The van der Waals surface area contributed by atoms with Crippen LogP contribution >= 0.6 is 0 Å². The number of aryl methyl sites for hydroxylation is 1. The normalized spacial score (nSPS) is 14.0. The van der Waals surface area contributed by atoms with Crippen LogP contribution in [0.2, 0.25) is 0 Å². The fourth-order valence-electron chi connectivity index (χ4n) is 4.80. The third kappa shape index (κ3) is 3.38. The second-order valence-corrected chi connectivity index (χ2v) is 8.79. The smallest absolute Gasteiger partial charge is 0.339 e. The number of nitriles is 1. The van der Waals surface area contributed by atoms with Crippen molar-refractivity contribution in [2.24, 2.45) is 0 Å². The van der Waals surface area contributed by atoms with Gasteiger partial charge in [-0.25, -0.2) is 4.79 Å². The Bertz CT molecular complexity index is 1270. The quantitative estimate of drug-likeness (QED) is 0.528. The number of rotatable bonds is 3. The predicted molar refractivity (Wildman–Crippen MR) is 126 cm³/mol. The lowest BCUT2D eigenvalue weighted by Gasteiger charge is -2.45. The zero-order chi connectivity index (χ0) is 22.4. The zero-order valence-electron chi connectivity index (χ0n) is 18.6. The van der Waals surface area contributed by atoms with E-state index in [4.69, 9.17) is 4.74 Å². The summed E-state index contributed by atoms with van der Waals surface area (Å²) in [6.07, 6.45) is -0.166. The Morgan fingerprint density at radius 3 is 2.38 bits per heavy atom. The van der Waals surface area contributed by atoms with Gasteiger partial charge in [0.05, 0.1) is 30.0 Å². The third-order valence-corrected chi connectivity index (χ3v) is 6.16. The first-order chi connectivity index (χ1) is 15.4. The van der Waals surface area contributed by atoms with Crippen molar-refractivity contribution in [1.82, 2.24) is 0 Å². The van der Waals surface area contributed by atoms with Gasteiger partial charge in [-0.1, -0.05) is 18.2 Å². The largest absolute Gasteiger partial charge is 0.459 e. The first kappa shape index (κ1) is 20.1. The number of esters is 1. The van der Waals surface area contributed by atoms with Gasteiger partial charge in [-0.3, -0.25) is 0 Å². The lowest BCUT2D eigenvalue weighted by molar-refractivity contribution is 0.0378. The summed E-state index contributed by atoms with van der Waals surface area (Å²) in [7, 11) is 0. The Morgan fingerprint density at radius 2 is 1.69 bits per heavy atom. The molecule has 3 aromatic carbocycles. The molecule has 0 radical (unpaired) electrons. The molecule has 0 amide bonds. The van der Waals surface area contributed by atoms with Gasteiger partial charge in [-0.2, -0.15) is 5.26 Å². The van der Waals surface area contributed by atoms with Crippen molar-refractivity contribution >= 4 is 17.3 Å². The highest BCUT2D eigenvalue weighted by atomic mass is 16.5. The number of hydrogen-bond donors (Lipinski definition) is 0. The van der Waals surface area contributed by atoms with Gasteiger partial charge in [0.15, 0.2) is 0 Å². The highest BCUT2D eigenvalue weighted by molar-refractivity contribution is 5.98. The van der Waals surface area contributed by atoms with Crippen LogP contribution in [-0.4, -0.2) is 18.7 Å². The number of carbonyl (C=O) groups is 1. The number of carbonyl (C=O) groups excluding carboxylic acids is 1. The molecule has 0 saturated carbocycles. The van der Waals surface area contributed by atoms with E-state index in [-0.39, 0.29) is 12.1 Å². The Labute approximate surface area is 188 Å². The van der Waals surface area contributed by atoms with Crippen LogP contribution < -0.4 is 9.80 Å². The van der Waals surface area contributed by atoms with E-state index in [1.54, 1.807) is 0 Å². The summed E-state index contributed by atoms with van der Waals surface area (Å²) in [6, 6.07) is 20.4. The summed E-state index contributed by atoms with van der Waals surface area (Å²) < 4.78 is 5.51. The first-order valence-corrected chi connectivity index (χ1v) is 10.9. The summed E-state index contributed by atoms with van der Waals surface area (Å²) in [5.41, 5.74) is 9.12. The van der Waals surface area contributed by atoms with E-state index >= 15 is 0 Å². The number of nitrogens with zero attached hydrogens (tertiary/aromatic N) is 3. The molecular weight excluding hydrogens is 398 g/mol. The minimum Gasteiger partial charge on any atom is -0.459 e. The summed E-state index contributed by atoms with van der Waals surface area (Å²) in [6.45, 7) is 8.17. The average Bonchev–Trinajstić information content (AvgIpc) is 2.77. The van der Waals surface area contributed by atoms with Gasteiger partial charge in [0, 0.05) is 24.5 Å². The van der Waals surface area contributed by atoms with Gasteiger partial charge < -0.3 is 14.5 Å². The highest BCUT2D eigenvalue weighted by Gasteiger charge is 2.30. The van der Waals surface area contributed by atoms with Crippen molar-refractivity contribution in [2.45, 2.75) is 40.0 Å². The van der Waals surface area contributed by atoms with Crippen molar-refractivity contribution < 1.29 is 9.53 Å². The molecule has 0 spiro atoms. The molecule has 0 unspecified atom stereocenters. The fourth-order valence-corrected chi connectivity index (χ4v) is 4.80. The Hall–Kier alpha value is -3.78. The SMILES string of the molecule is Cc1cccc(C(=O)OC(C)C)c1-c1ccc2c(c1)CN1CN2Cc2cc(C#N)ccc21. The lowest BCUT2D eigenvalue weighted by atomic mass is 9.92. The molecule has 0 N–H and O–H groups in total. The van der Waals surface area contributed by atoms with Gasteiger partial charge in [0.2, 0.25) is 0 Å². The molecule has 5 nitrogen and oxygen atoms in total. The van der Waals surface area contributed by atoms with E-state index in [2.05, 4.69) is 40.1 Å². The number of anilines is 2. The number of benzene rings is 3. The Kier molecular flexibility index (Phi) is 4.86. The molecule has 5 rings (SSSR count). The van der Waals surface area contributed by atoms with Crippen molar-refractivity contribution in [2.75, 3.05) is 16.5 Å². The van der Waals surface area contributed by atoms with E-state index in [0.29, 0.717) is 11.1 Å². The number of fused-ring (bicyclic) bond motifs is 6. The third-order valence-electron chi connectivity index (χ3n) is 6.16. The molecule has 2 bridgehead atoms.